The Labute approximate surface area is 138 Å². The molecule has 0 aliphatic heterocycles. The second kappa shape index (κ2) is 8.04. The fourth-order valence-electron chi connectivity index (χ4n) is 2.20. The summed E-state index contributed by atoms with van der Waals surface area (Å²) in [4.78, 5) is 0. The van der Waals surface area contributed by atoms with Gasteiger partial charge in [-0.25, -0.2) is 0 Å². The molecule has 0 bridgehead atoms. The lowest BCUT2D eigenvalue weighted by Gasteiger charge is -2.03. The molecule has 0 fully saturated rings. The van der Waals surface area contributed by atoms with Gasteiger partial charge in [-0.2, -0.15) is 0 Å². The molecular formula is C21H22O2. The van der Waals surface area contributed by atoms with E-state index >= 15 is 0 Å². The number of methoxy groups -OCH3 is 1. The molecule has 0 heterocycles. The summed E-state index contributed by atoms with van der Waals surface area (Å²) >= 11 is 0. The minimum absolute atomic E-state index is 0.148. The van der Waals surface area contributed by atoms with Crippen LogP contribution in [0.5, 0.6) is 11.5 Å². The number of phenols is 1. The number of phenolic OH excluding ortho intramolecular Hbond substituents is 1. The van der Waals surface area contributed by atoms with Crippen molar-refractivity contribution in [2.24, 2.45) is 0 Å². The van der Waals surface area contributed by atoms with Crippen molar-refractivity contribution in [1.29, 1.82) is 0 Å². The van der Waals surface area contributed by atoms with Crippen molar-refractivity contribution in [3.8, 4) is 11.5 Å². The van der Waals surface area contributed by atoms with Crippen molar-refractivity contribution < 1.29 is 9.84 Å². The highest BCUT2D eigenvalue weighted by atomic mass is 16.5. The Bertz CT molecular complexity index is 752. The zero-order chi connectivity index (χ0) is 16.7. The van der Waals surface area contributed by atoms with Crippen molar-refractivity contribution >= 4 is 12.2 Å². The molecule has 2 rings (SSSR count). The van der Waals surface area contributed by atoms with Crippen LogP contribution < -0.4 is 4.74 Å². The van der Waals surface area contributed by atoms with Crippen LogP contribution in [0, 0.1) is 6.92 Å². The molecule has 0 amide bonds. The van der Waals surface area contributed by atoms with Crippen LogP contribution in [-0.2, 0) is 0 Å². The number of benzene rings is 2. The molecular weight excluding hydrogens is 284 g/mol. The molecule has 0 spiro atoms. The van der Waals surface area contributed by atoms with E-state index < -0.39 is 0 Å². The maximum atomic E-state index is 9.62. The van der Waals surface area contributed by atoms with E-state index in [1.807, 2.05) is 43.3 Å². The summed E-state index contributed by atoms with van der Waals surface area (Å²) in [5.74, 6) is 0.625. The van der Waals surface area contributed by atoms with Gasteiger partial charge in [-0.3, -0.25) is 0 Å². The van der Waals surface area contributed by atoms with Gasteiger partial charge >= 0.3 is 0 Å². The zero-order valence-electron chi connectivity index (χ0n) is 13.8. The number of hydrogen-bond donors (Lipinski definition) is 1. The van der Waals surface area contributed by atoms with Crippen LogP contribution in [0.2, 0.25) is 0 Å². The van der Waals surface area contributed by atoms with Crippen LogP contribution in [0.4, 0.5) is 0 Å². The first-order valence-corrected chi connectivity index (χ1v) is 7.59. The van der Waals surface area contributed by atoms with Crippen molar-refractivity contribution in [2.75, 3.05) is 7.11 Å². The second-order valence-corrected chi connectivity index (χ2v) is 5.24. The average Bonchev–Trinajstić information content (AvgIpc) is 2.57. The summed E-state index contributed by atoms with van der Waals surface area (Å²) in [5, 5.41) is 9.62. The number of ether oxygens (including phenoxy) is 1. The van der Waals surface area contributed by atoms with Gasteiger partial charge in [-0.05, 0) is 48.2 Å². The Morgan fingerprint density at radius 3 is 2.48 bits per heavy atom. The second-order valence-electron chi connectivity index (χ2n) is 5.24. The van der Waals surface area contributed by atoms with Crippen LogP contribution in [0.3, 0.4) is 0 Å². The fourth-order valence-corrected chi connectivity index (χ4v) is 2.20. The summed E-state index contributed by atoms with van der Waals surface area (Å²) in [6.45, 7) is 4.12. The first-order chi connectivity index (χ1) is 11.1. The van der Waals surface area contributed by atoms with Crippen molar-refractivity contribution in [3.63, 3.8) is 0 Å². The molecule has 2 heteroatoms. The Balaban J connectivity index is 2.15. The maximum Gasteiger partial charge on any atom is 0.161 e. The number of aromatic hydroxyl groups is 1. The smallest absolute Gasteiger partial charge is 0.161 e. The molecule has 2 aromatic carbocycles. The number of rotatable bonds is 5. The largest absolute Gasteiger partial charge is 0.504 e. The van der Waals surface area contributed by atoms with Gasteiger partial charge in [-0.15, -0.1) is 0 Å². The summed E-state index contributed by atoms with van der Waals surface area (Å²) < 4.78 is 5.12. The minimum atomic E-state index is 0.148. The molecule has 0 aliphatic rings. The SMILES string of the molecule is CC=C(/C=C\c1ccccc1C)/C=C/c1ccc(O)c(OC)c1. The Kier molecular flexibility index (Phi) is 5.81. The highest BCUT2D eigenvalue weighted by molar-refractivity contribution is 5.62. The third-order valence-corrected chi connectivity index (χ3v) is 3.65. The van der Waals surface area contributed by atoms with Gasteiger partial charge < -0.3 is 9.84 Å². The van der Waals surface area contributed by atoms with E-state index in [1.54, 1.807) is 13.2 Å². The molecule has 0 saturated carbocycles. The van der Waals surface area contributed by atoms with Crippen LogP contribution >= 0.6 is 0 Å². The lowest BCUT2D eigenvalue weighted by Crippen LogP contribution is -1.84. The zero-order valence-corrected chi connectivity index (χ0v) is 13.8. The molecule has 118 valence electrons. The van der Waals surface area contributed by atoms with E-state index in [-0.39, 0.29) is 5.75 Å². The minimum Gasteiger partial charge on any atom is -0.504 e. The van der Waals surface area contributed by atoms with E-state index in [2.05, 4.69) is 37.3 Å². The van der Waals surface area contributed by atoms with Gasteiger partial charge in [0.15, 0.2) is 11.5 Å². The van der Waals surface area contributed by atoms with E-state index in [0.717, 1.165) is 11.1 Å². The third kappa shape index (κ3) is 4.62. The summed E-state index contributed by atoms with van der Waals surface area (Å²) in [6.07, 6.45) is 10.3. The average molecular weight is 306 g/mol. The normalized spacial score (nSPS) is 12.2. The summed E-state index contributed by atoms with van der Waals surface area (Å²) in [5.41, 5.74) is 4.56. The number of allylic oxidation sites excluding steroid dienone is 4. The summed E-state index contributed by atoms with van der Waals surface area (Å²) in [7, 11) is 1.55. The molecule has 0 unspecified atom stereocenters. The van der Waals surface area contributed by atoms with E-state index in [0.29, 0.717) is 5.75 Å². The molecule has 1 N–H and O–H groups in total. The van der Waals surface area contributed by atoms with Crippen molar-refractivity contribution in [2.45, 2.75) is 13.8 Å². The molecule has 2 aromatic rings. The van der Waals surface area contributed by atoms with Crippen LogP contribution in [0.15, 0.2) is 66.3 Å². The maximum absolute atomic E-state index is 9.62. The quantitative estimate of drug-likeness (QED) is 0.751. The van der Waals surface area contributed by atoms with E-state index in [1.165, 1.54) is 11.1 Å². The van der Waals surface area contributed by atoms with Gasteiger partial charge in [-0.1, -0.05) is 60.7 Å². The molecule has 0 radical (unpaired) electrons. The van der Waals surface area contributed by atoms with Crippen molar-refractivity contribution in [1.82, 2.24) is 0 Å². The van der Waals surface area contributed by atoms with Gasteiger partial charge in [0, 0.05) is 0 Å². The fraction of sp³-hybridized carbons (Fsp3) is 0.143. The lowest BCUT2D eigenvalue weighted by atomic mass is 10.1. The summed E-state index contributed by atoms with van der Waals surface area (Å²) in [6, 6.07) is 13.6. The standard InChI is InChI=1S/C21H22O2/c1-4-17(11-13-19-8-6-5-7-16(19)2)9-10-18-12-14-20(22)21(15-18)23-3/h4-15,22H,1-3H3/b10-9+,13-11-,17-4?. The van der Waals surface area contributed by atoms with Gasteiger partial charge in [0.25, 0.3) is 0 Å². The highest BCUT2D eigenvalue weighted by Crippen LogP contribution is 2.27. The monoisotopic (exact) mass is 306 g/mol. The van der Waals surface area contributed by atoms with Crippen LogP contribution in [0.25, 0.3) is 12.2 Å². The van der Waals surface area contributed by atoms with E-state index in [4.69, 9.17) is 4.74 Å². The lowest BCUT2D eigenvalue weighted by molar-refractivity contribution is 0.373. The van der Waals surface area contributed by atoms with Crippen molar-refractivity contribution in [3.05, 3.63) is 83.0 Å². The predicted molar refractivity (Wildman–Crippen MR) is 97.7 cm³/mol. The number of hydrogen-bond acceptors (Lipinski definition) is 2. The van der Waals surface area contributed by atoms with Gasteiger partial charge in [0.1, 0.15) is 0 Å². The van der Waals surface area contributed by atoms with Gasteiger partial charge in [0.05, 0.1) is 7.11 Å². The van der Waals surface area contributed by atoms with Crippen LogP contribution in [-0.4, -0.2) is 12.2 Å². The third-order valence-electron chi connectivity index (χ3n) is 3.65. The Morgan fingerprint density at radius 2 is 1.78 bits per heavy atom. The molecule has 2 nitrogen and oxygen atoms in total. The highest BCUT2D eigenvalue weighted by Gasteiger charge is 2.00. The Hall–Kier alpha value is -2.74. The van der Waals surface area contributed by atoms with Crippen LogP contribution in [0.1, 0.15) is 23.6 Å². The molecule has 0 aromatic heterocycles. The molecule has 23 heavy (non-hydrogen) atoms. The Morgan fingerprint density at radius 1 is 1.04 bits per heavy atom. The van der Waals surface area contributed by atoms with E-state index in [9.17, 15) is 5.11 Å². The predicted octanol–water partition coefficient (Wildman–Crippen LogP) is 5.38. The molecule has 0 aliphatic carbocycles. The molecule has 0 atom stereocenters. The first kappa shape index (κ1) is 16.6. The topological polar surface area (TPSA) is 29.5 Å². The first-order valence-electron chi connectivity index (χ1n) is 7.59. The van der Waals surface area contributed by atoms with Gasteiger partial charge in [0.2, 0.25) is 0 Å². The number of aryl methyl sites for hydroxylation is 1. The molecule has 0 saturated heterocycles.